The van der Waals surface area contributed by atoms with Gasteiger partial charge in [0.25, 0.3) is 0 Å². The molecule has 2 aromatic carbocycles. The summed E-state index contributed by atoms with van der Waals surface area (Å²) in [5.41, 5.74) is 1.21. The first kappa shape index (κ1) is 18.9. The fraction of sp³-hybridized carbons (Fsp3) is 0.211. The van der Waals surface area contributed by atoms with Crippen LogP contribution in [0.25, 0.3) is 6.08 Å². The number of benzene rings is 2. The van der Waals surface area contributed by atoms with Crippen molar-refractivity contribution in [1.29, 1.82) is 0 Å². The molecule has 0 fully saturated rings. The predicted molar refractivity (Wildman–Crippen MR) is 98.3 cm³/mol. The molecule has 0 aromatic heterocycles. The first-order valence-corrected chi connectivity index (χ1v) is 9.41. The minimum Gasteiger partial charge on any atom is -0.496 e. The highest BCUT2D eigenvalue weighted by atomic mass is 32.2. The van der Waals surface area contributed by atoms with Crippen molar-refractivity contribution in [2.24, 2.45) is 0 Å². The third kappa shape index (κ3) is 5.01. The van der Waals surface area contributed by atoms with Crippen LogP contribution >= 0.6 is 0 Å². The van der Waals surface area contributed by atoms with Gasteiger partial charge in [0.1, 0.15) is 5.75 Å². The Balaban J connectivity index is 2.14. The molecule has 0 unspecified atom stereocenters. The number of ether oxygens (including phenoxy) is 1. The standard InChI is InChI=1S/C19H21NO4S/c1-3-14-20-25(22,23)17-11-8-15(9-12-17)18(21)13-10-16-6-4-5-7-19(16)24-2/h4-13,20H,3,14H2,1-2H3. The van der Waals surface area contributed by atoms with Crippen LogP contribution in [0.4, 0.5) is 0 Å². The van der Waals surface area contributed by atoms with Gasteiger partial charge in [-0.25, -0.2) is 13.1 Å². The maximum Gasteiger partial charge on any atom is 0.240 e. The van der Waals surface area contributed by atoms with Gasteiger partial charge in [0.2, 0.25) is 10.0 Å². The zero-order valence-corrected chi connectivity index (χ0v) is 15.0. The third-order valence-electron chi connectivity index (χ3n) is 3.54. The minimum atomic E-state index is -3.53. The van der Waals surface area contributed by atoms with Gasteiger partial charge in [-0.1, -0.05) is 25.1 Å². The largest absolute Gasteiger partial charge is 0.496 e. The SMILES string of the molecule is CCCNS(=O)(=O)c1ccc(C(=O)C=Cc2ccccc2OC)cc1. The molecule has 25 heavy (non-hydrogen) atoms. The first-order chi connectivity index (χ1) is 12.0. The van der Waals surface area contributed by atoms with Gasteiger partial charge in [-0.2, -0.15) is 0 Å². The average Bonchev–Trinajstić information content (AvgIpc) is 2.64. The molecule has 132 valence electrons. The average molecular weight is 359 g/mol. The lowest BCUT2D eigenvalue weighted by atomic mass is 10.1. The van der Waals surface area contributed by atoms with E-state index in [1.807, 2.05) is 31.2 Å². The van der Waals surface area contributed by atoms with Crippen molar-refractivity contribution in [1.82, 2.24) is 4.72 Å². The van der Waals surface area contributed by atoms with Crippen LogP contribution in [-0.4, -0.2) is 27.9 Å². The van der Waals surface area contributed by atoms with Crippen molar-refractivity contribution in [3.8, 4) is 5.75 Å². The summed E-state index contributed by atoms with van der Waals surface area (Å²) in [7, 11) is -1.96. The summed E-state index contributed by atoms with van der Waals surface area (Å²) < 4.78 is 31.8. The molecule has 1 N–H and O–H groups in total. The van der Waals surface area contributed by atoms with E-state index in [2.05, 4.69) is 4.72 Å². The Morgan fingerprint density at radius 2 is 1.80 bits per heavy atom. The van der Waals surface area contributed by atoms with Gasteiger partial charge in [-0.15, -0.1) is 0 Å². The number of carbonyl (C=O) groups excluding carboxylic acids is 1. The highest BCUT2D eigenvalue weighted by Crippen LogP contribution is 2.19. The Kier molecular flexibility index (Phi) is 6.50. The van der Waals surface area contributed by atoms with Crippen LogP contribution < -0.4 is 9.46 Å². The number of hydrogen-bond acceptors (Lipinski definition) is 4. The van der Waals surface area contributed by atoms with E-state index >= 15 is 0 Å². The fourth-order valence-corrected chi connectivity index (χ4v) is 3.32. The van der Waals surface area contributed by atoms with E-state index < -0.39 is 10.0 Å². The second kappa shape index (κ2) is 8.60. The monoisotopic (exact) mass is 359 g/mol. The summed E-state index contributed by atoms with van der Waals surface area (Å²) in [4.78, 5) is 12.4. The van der Waals surface area contributed by atoms with Crippen molar-refractivity contribution in [3.05, 3.63) is 65.7 Å². The number of methoxy groups -OCH3 is 1. The van der Waals surface area contributed by atoms with E-state index in [4.69, 9.17) is 4.74 Å². The Morgan fingerprint density at radius 1 is 1.12 bits per heavy atom. The molecule has 6 heteroatoms. The van der Waals surface area contributed by atoms with E-state index in [0.717, 1.165) is 5.56 Å². The number of para-hydroxylation sites is 1. The number of hydrogen-bond donors (Lipinski definition) is 1. The summed E-state index contributed by atoms with van der Waals surface area (Å²) in [6.07, 6.45) is 3.83. The van der Waals surface area contributed by atoms with Crippen molar-refractivity contribution >= 4 is 21.9 Å². The second-order valence-electron chi connectivity index (χ2n) is 5.36. The highest BCUT2D eigenvalue weighted by molar-refractivity contribution is 7.89. The molecule has 2 aromatic rings. The minimum absolute atomic E-state index is 0.145. The van der Waals surface area contributed by atoms with E-state index in [9.17, 15) is 13.2 Å². The Labute approximate surface area is 148 Å². The second-order valence-corrected chi connectivity index (χ2v) is 7.13. The molecule has 0 atom stereocenters. The molecule has 0 saturated carbocycles. The fourth-order valence-electron chi connectivity index (χ4n) is 2.18. The molecule has 2 rings (SSSR count). The summed E-state index contributed by atoms with van der Waals surface area (Å²) in [5, 5.41) is 0. The van der Waals surface area contributed by atoms with Crippen molar-refractivity contribution in [2.45, 2.75) is 18.2 Å². The summed E-state index contributed by atoms with van der Waals surface area (Å²) in [6.45, 7) is 2.27. The van der Waals surface area contributed by atoms with Crippen molar-refractivity contribution in [3.63, 3.8) is 0 Å². The van der Waals surface area contributed by atoms with Gasteiger partial charge in [0, 0.05) is 17.7 Å². The molecule has 0 aliphatic rings. The maximum atomic E-state index is 12.3. The van der Waals surface area contributed by atoms with Crippen LogP contribution in [0.15, 0.2) is 59.5 Å². The Morgan fingerprint density at radius 3 is 2.44 bits per heavy atom. The zero-order chi connectivity index (χ0) is 18.3. The summed E-state index contributed by atoms with van der Waals surface area (Å²) >= 11 is 0. The zero-order valence-electron chi connectivity index (χ0n) is 14.2. The van der Waals surface area contributed by atoms with Gasteiger partial charge in [0.15, 0.2) is 5.78 Å². The number of ketones is 1. The van der Waals surface area contributed by atoms with Crippen LogP contribution in [0.3, 0.4) is 0 Å². The van der Waals surface area contributed by atoms with Gasteiger partial charge < -0.3 is 4.74 Å². The molecule has 0 heterocycles. The lowest BCUT2D eigenvalue weighted by Gasteiger charge is -2.06. The lowest BCUT2D eigenvalue weighted by Crippen LogP contribution is -2.24. The molecule has 0 radical (unpaired) electrons. The number of rotatable bonds is 8. The normalized spacial score (nSPS) is 11.6. The number of nitrogens with one attached hydrogen (secondary N) is 1. The van der Waals surface area contributed by atoms with E-state index in [-0.39, 0.29) is 10.7 Å². The lowest BCUT2D eigenvalue weighted by molar-refractivity contribution is 0.104. The molecule has 0 bridgehead atoms. The van der Waals surface area contributed by atoms with Gasteiger partial charge in [-0.05, 0) is 48.9 Å². The smallest absolute Gasteiger partial charge is 0.240 e. The molecular weight excluding hydrogens is 338 g/mol. The van der Waals surface area contributed by atoms with Gasteiger partial charge >= 0.3 is 0 Å². The predicted octanol–water partition coefficient (Wildman–Crippen LogP) is 3.28. The quantitative estimate of drug-likeness (QED) is 0.580. The van der Waals surface area contributed by atoms with Gasteiger partial charge in [0.05, 0.1) is 12.0 Å². The maximum absolute atomic E-state index is 12.3. The first-order valence-electron chi connectivity index (χ1n) is 7.93. The number of carbonyl (C=O) groups is 1. The van der Waals surface area contributed by atoms with E-state index in [1.165, 1.54) is 30.3 Å². The van der Waals surface area contributed by atoms with Crippen LogP contribution in [0.2, 0.25) is 0 Å². The topological polar surface area (TPSA) is 72.5 Å². The Hall–Kier alpha value is -2.44. The van der Waals surface area contributed by atoms with E-state index in [1.54, 1.807) is 13.2 Å². The Bertz CT molecular complexity index is 855. The molecule has 0 amide bonds. The van der Waals surface area contributed by atoms with Crippen molar-refractivity contribution in [2.75, 3.05) is 13.7 Å². The van der Waals surface area contributed by atoms with Crippen molar-refractivity contribution < 1.29 is 17.9 Å². The van der Waals surface area contributed by atoms with Gasteiger partial charge in [-0.3, -0.25) is 4.79 Å². The molecular formula is C19H21NO4S. The number of allylic oxidation sites excluding steroid dienone is 1. The van der Waals surface area contributed by atoms with Crippen LogP contribution in [-0.2, 0) is 10.0 Å². The number of sulfonamides is 1. The third-order valence-corrected chi connectivity index (χ3v) is 5.02. The van der Waals surface area contributed by atoms with Crippen LogP contribution in [0, 0.1) is 0 Å². The van der Waals surface area contributed by atoms with Crippen LogP contribution in [0.5, 0.6) is 5.75 Å². The molecule has 5 nitrogen and oxygen atoms in total. The summed E-state index contributed by atoms with van der Waals surface area (Å²) in [6, 6.07) is 13.2. The van der Waals surface area contributed by atoms with Crippen LogP contribution in [0.1, 0.15) is 29.3 Å². The highest BCUT2D eigenvalue weighted by Gasteiger charge is 2.13. The molecule has 0 spiro atoms. The summed E-state index contributed by atoms with van der Waals surface area (Å²) in [5.74, 6) is 0.464. The molecule has 0 aliphatic carbocycles. The van der Waals surface area contributed by atoms with E-state index in [0.29, 0.717) is 24.3 Å². The molecule has 0 saturated heterocycles. The molecule has 0 aliphatic heterocycles.